The molecular formula is C27H29ClN2O4. The van der Waals surface area contributed by atoms with Crippen LogP contribution in [0, 0.1) is 5.41 Å². The minimum absolute atomic E-state index is 0.0924. The quantitative estimate of drug-likeness (QED) is 0.527. The number of nitrogens with zero attached hydrogens (tertiary/aromatic N) is 2. The van der Waals surface area contributed by atoms with Crippen molar-refractivity contribution in [1.29, 1.82) is 0 Å². The maximum atomic E-state index is 13.7. The van der Waals surface area contributed by atoms with Crippen molar-refractivity contribution in [3.8, 4) is 0 Å². The fraction of sp³-hybridized carbons (Fsp3) is 0.407. The molecule has 178 valence electrons. The van der Waals surface area contributed by atoms with Gasteiger partial charge in [0.25, 0.3) is 5.91 Å². The van der Waals surface area contributed by atoms with Gasteiger partial charge in [0.1, 0.15) is 6.04 Å². The van der Waals surface area contributed by atoms with Crippen LogP contribution in [-0.2, 0) is 21.7 Å². The highest BCUT2D eigenvalue weighted by Gasteiger charge is 2.43. The zero-order chi connectivity index (χ0) is 24.3. The summed E-state index contributed by atoms with van der Waals surface area (Å²) >= 11 is 6.27. The van der Waals surface area contributed by atoms with Crippen LogP contribution in [0.3, 0.4) is 0 Å². The standard InChI is InChI=1S/C27H29ClN2O4/c1-26(2,3)23(25(32)33)30-15-20(19-9-8-18(28)14-22(19)30)24(31)29-12-10-27(11-13-29)21-7-5-4-6-17(21)16-34-27/h4-9,14-15,23H,10-13,16H2,1-3H3,(H,32,33). The van der Waals surface area contributed by atoms with Gasteiger partial charge in [-0.3, -0.25) is 4.79 Å². The molecule has 0 saturated carbocycles. The molecule has 1 amide bonds. The van der Waals surface area contributed by atoms with Crippen LogP contribution in [0.2, 0.25) is 5.02 Å². The number of halogens is 1. The lowest BCUT2D eigenvalue weighted by molar-refractivity contribution is -0.144. The van der Waals surface area contributed by atoms with Crippen molar-refractivity contribution >= 4 is 34.4 Å². The number of fused-ring (bicyclic) bond motifs is 3. The van der Waals surface area contributed by atoms with Crippen LogP contribution in [0.5, 0.6) is 0 Å². The van der Waals surface area contributed by atoms with E-state index in [1.807, 2.05) is 43.9 Å². The molecule has 3 heterocycles. The monoisotopic (exact) mass is 480 g/mol. The Balaban J connectivity index is 1.47. The normalized spacial score (nSPS) is 18.3. The number of carboxylic acid groups (broad SMARTS) is 1. The summed E-state index contributed by atoms with van der Waals surface area (Å²) in [4.78, 5) is 27.8. The Labute approximate surface area is 204 Å². The van der Waals surface area contributed by atoms with Gasteiger partial charge in [-0.2, -0.15) is 0 Å². The highest BCUT2D eigenvalue weighted by atomic mass is 35.5. The second-order valence-corrected chi connectivity index (χ2v) is 10.9. The molecular weight excluding hydrogens is 452 g/mol. The molecule has 3 aromatic rings. The molecule has 0 aliphatic carbocycles. The molecule has 1 atom stereocenters. The fourth-order valence-electron chi connectivity index (χ4n) is 5.55. The molecule has 0 bridgehead atoms. The van der Waals surface area contributed by atoms with E-state index in [0.717, 1.165) is 12.8 Å². The molecule has 5 rings (SSSR count). The number of aromatic nitrogens is 1. The first kappa shape index (κ1) is 22.9. The zero-order valence-electron chi connectivity index (χ0n) is 19.7. The lowest BCUT2D eigenvalue weighted by Crippen LogP contribution is -2.45. The van der Waals surface area contributed by atoms with Gasteiger partial charge in [-0.1, -0.05) is 62.7 Å². The lowest BCUT2D eigenvalue weighted by atomic mass is 9.83. The van der Waals surface area contributed by atoms with Gasteiger partial charge in [-0.15, -0.1) is 0 Å². The number of carbonyl (C=O) groups excluding carboxylic acids is 1. The minimum Gasteiger partial charge on any atom is -0.480 e. The van der Waals surface area contributed by atoms with Crippen molar-refractivity contribution < 1.29 is 19.4 Å². The molecule has 1 aromatic heterocycles. The second kappa shape index (κ2) is 8.14. The topological polar surface area (TPSA) is 71.8 Å². The van der Waals surface area contributed by atoms with E-state index in [-0.39, 0.29) is 11.5 Å². The molecule has 1 spiro atoms. The van der Waals surface area contributed by atoms with Crippen LogP contribution in [0.25, 0.3) is 10.9 Å². The molecule has 0 radical (unpaired) electrons. The number of ether oxygens (including phenoxy) is 1. The highest BCUT2D eigenvalue weighted by molar-refractivity contribution is 6.31. The van der Waals surface area contributed by atoms with Gasteiger partial charge in [0.05, 0.1) is 23.3 Å². The van der Waals surface area contributed by atoms with Crippen molar-refractivity contribution in [1.82, 2.24) is 9.47 Å². The largest absolute Gasteiger partial charge is 0.480 e. The average molecular weight is 481 g/mol. The molecule has 1 unspecified atom stereocenters. The van der Waals surface area contributed by atoms with Crippen LogP contribution in [0.1, 0.15) is 61.1 Å². The smallest absolute Gasteiger partial charge is 0.327 e. The van der Waals surface area contributed by atoms with Gasteiger partial charge in [-0.25, -0.2) is 4.79 Å². The van der Waals surface area contributed by atoms with E-state index in [1.165, 1.54) is 11.1 Å². The summed E-state index contributed by atoms with van der Waals surface area (Å²) in [5, 5.41) is 11.2. The molecule has 1 N–H and O–H groups in total. The van der Waals surface area contributed by atoms with E-state index in [4.69, 9.17) is 16.3 Å². The van der Waals surface area contributed by atoms with Crippen LogP contribution < -0.4 is 0 Å². The molecule has 34 heavy (non-hydrogen) atoms. The number of benzene rings is 2. The Bertz CT molecular complexity index is 1280. The maximum Gasteiger partial charge on any atom is 0.327 e. The molecule has 1 fully saturated rings. The van der Waals surface area contributed by atoms with Gasteiger partial charge >= 0.3 is 5.97 Å². The number of hydrogen-bond acceptors (Lipinski definition) is 3. The summed E-state index contributed by atoms with van der Waals surface area (Å²) in [6.07, 6.45) is 3.17. The Kier molecular flexibility index (Phi) is 5.49. The fourth-order valence-corrected chi connectivity index (χ4v) is 5.72. The molecule has 6 nitrogen and oxygen atoms in total. The van der Waals surface area contributed by atoms with Crippen molar-refractivity contribution in [2.45, 2.75) is 51.9 Å². The van der Waals surface area contributed by atoms with E-state index in [0.29, 0.717) is 41.2 Å². The van der Waals surface area contributed by atoms with Crippen LogP contribution in [0.15, 0.2) is 48.7 Å². The Morgan fingerprint density at radius 1 is 1.12 bits per heavy atom. The van der Waals surface area contributed by atoms with Gasteiger partial charge < -0.3 is 19.3 Å². The predicted molar refractivity (Wildman–Crippen MR) is 131 cm³/mol. The summed E-state index contributed by atoms with van der Waals surface area (Å²) in [6, 6.07) is 12.8. The number of rotatable bonds is 3. The predicted octanol–water partition coefficient (Wildman–Crippen LogP) is 5.63. The van der Waals surface area contributed by atoms with E-state index < -0.39 is 17.4 Å². The number of carboxylic acids is 1. The Morgan fingerprint density at radius 2 is 1.82 bits per heavy atom. The van der Waals surface area contributed by atoms with Gasteiger partial charge in [-0.05, 0) is 41.5 Å². The van der Waals surface area contributed by atoms with Gasteiger partial charge in [0.2, 0.25) is 0 Å². The highest BCUT2D eigenvalue weighted by Crippen LogP contribution is 2.44. The van der Waals surface area contributed by atoms with Gasteiger partial charge in [0.15, 0.2) is 0 Å². The van der Waals surface area contributed by atoms with Crippen molar-refractivity contribution in [3.05, 3.63) is 70.4 Å². The summed E-state index contributed by atoms with van der Waals surface area (Å²) in [6.45, 7) is 7.42. The van der Waals surface area contributed by atoms with E-state index in [2.05, 4.69) is 12.1 Å². The first-order chi connectivity index (χ1) is 16.1. The molecule has 2 aliphatic heterocycles. The van der Waals surface area contributed by atoms with Crippen LogP contribution in [0.4, 0.5) is 0 Å². The van der Waals surface area contributed by atoms with Crippen molar-refractivity contribution in [2.75, 3.05) is 13.1 Å². The number of piperidine rings is 1. The van der Waals surface area contributed by atoms with Crippen molar-refractivity contribution in [2.24, 2.45) is 5.41 Å². The van der Waals surface area contributed by atoms with Crippen LogP contribution >= 0.6 is 11.6 Å². The molecule has 7 heteroatoms. The second-order valence-electron chi connectivity index (χ2n) is 10.5. The van der Waals surface area contributed by atoms with E-state index in [1.54, 1.807) is 22.9 Å². The van der Waals surface area contributed by atoms with E-state index in [9.17, 15) is 14.7 Å². The number of aliphatic carboxylic acids is 1. The average Bonchev–Trinajstić information content (AvgIpc) is 3.32. The number of hydrogen-bond donors (Lipinski definition) is 1. The summed E-state index contributed by atoms with van der Waals surface area (Å²) in [5.41, 5.74) is 2.73. The SMILES string of the molecule is CC(C)(C)C(C(=O)O)n1cc(C(=O)N2CCC3(CC2)OCc2ccccc23)c2ccc(Cl)cc21. The number of likely N-dealkylation sites (tertiary alicyclic amines) is 1. The third-order valence-electron chi connectivity index (χ3n) is 7.23. The third-order valence-corrected chi connectivity index (χ3v) is 7.46. The van der Waals surface area contributed by atoms with E-state index >= 15 is 0 Å². The first-order valence-electron chi connectivity index (χ1n) is 11.7. The number of amides is 1. The van der Waals surface area contributed by atoms with Crippen LogP contribution in [-0.4, -0.2) is 39.5 Å². The Hall–Kier alpha value is -2.83. The summed E-state index contributed by atoms with van der Waals surface area (Å²) < 4.78 is 7.94. The van der Waals surface area contributed by atoms with Crippen molar-refractivity contribution in [3.63, 3.8) is 0 Å². The number of carbonyl (C=O) groups is 2. The maximum absolute atomic E-state index is 13.7. The Morgan fingerprint density at radius 3 is 2.50 bits per heavy atom. The summed E-state index contributed by atoms with van der Waals surface area (Å²) in [5.74, 6) is -1.04. The first-order valence-corrected chi connectivity index (χ1v) is 12.0. The minimum atomic E-state index is -0.944. The lowest BCUT2D eigenvalue weighted by Gasteiger charge is -2.39. The molecule has 2 aliphatic rings. The molecule has 1 saturated heterocycles. The molecule has 2 aromatic carbocycles. The summed E-state index contributed by atoms with van der Waals surface area (Å²) in [7, 11) is 0. The third kappa shape index (κ3) is 3.69. The van der Waals surface area contributed by atoms with Gasteiger partial charge in [0, 0.05) is 29.7 Å². The zero-order valence-corrected chi connectivity index (χ0v) is 20.4.